The number of nitriles is 1. The molecule has 1 saturated heterocycles. The van der Waals surface area contributed by atoms with Crippen LogP contribution in [0.25, 0.3) is 10.9 Å². The maximum absolute atomic E-state index is 12.1. The lowest BCUT2D eigenvalue weighted by molar-refractivity contribution is 0.112. The second-order valence-corrected chi connectivity index (χ2v) is 8.65. The van der Waals surface area contributed by atoms with Crippen molar-refractivity contribution in [3.05, 3.63) is 35.0 Å². The molecule has 0 saturated carbocycles. The largest absolute Gasteiger partial charge is 0.447 e. The smallest absolute Gasteiger partial charge is 0.407 e. The highest BCUT2D eigenvalue weighted by Gasteiger charge is 2.37. The van der Waals surface area contributed by atoms with E-state index in [-0.39, 0.29) is 30.3 Å². The van der Waals surface area contributed by atoms with E-state index in [1.54, 1.807) is 0 Å². The Labute approximate surface area is 177 Å². The number of nitrogens with one attached hydrogen (secondary N) is 2. The van der Waals surface area contributed by atoms with Gasteiger partial charge in [-0.2, -0.15) is 5.26 Å². The van der Waals surface area contributed by atoms with E-state index in [9.17, 15) is 15.2 Å². The summed E-state index contributed by atoms with van der Waals surface area (Å²) in [6, 6.07) is 8.11. The van der Waals surface area contributed by atoms with Gasteiger partial charge in [0.15, 0.2) is 0 Å². The van der Waals surface area contributed by atoms with E-state index in [4.69, 9.17) is 4.74 Å². The second kappa shape index (κ2) is 8.29. The number of rotatable bonds is 5. The van der Waals surface area contributed by atoms with E-state index in [2.05, 4.69) is 28.2 Å². The van der Waals surface area contributed by atoms with Gasteiger partial charge in [0.05, 0.1) is 35.9 Å². The Morgan fingerprint density at radius 2 is 2.23 bits per heavy atom. The minimum absolute atomic E-state index is 0.0109. The fourth-order valence-electron chi connectivity index (χ4n) is 5.10. The first kappa shape index (κ1) is 20.7. The summed E-state index contributed by atoms with van der Waals surface area (Å²) in [4.78, 5) is 12.1. The Hall–Kier alpha value is -2.56. The third kappa shape index (κ3) is 3.66. The van der Waals surface area contributed by atoms with Crippen LogP contribution >= 0.6 is 0 Å². The van der Waals surface area contributed by atoms with Gasteiger partial charge in [-0.25, -0.2) is 4.79 Å². The number of amides is 1. The molecule has 160 valence electrons. The van der Waals surface area contributed by atoms with Gasteiger partial charge >= 0.3 is 6.09 Å². The first-order chi connectivity index (χ1) is 14.4. The van der Waals surface area contributed by atoms with Crippen LogP contribution in [0.3, 0.4) is 0 Å². The minimum atomic E-state index is -0.395. The standard InChI is InChI=1S/C23H30N4O3/c1-4-18(22-21(28)7-8-25-22)27-19-6-5-14(12-24)9-16(19)17-10-15(11-20(17)27)26-23(29)30-13(2)3/h5-6,9,13,15,18,21-22,25,28H,4,7-8,10-11H2,1-3H3,(H,26,29)/t15?,18?,21-,22+/m0/s1. The molecule has 2 aliphatic rings. The number of nitrogens with zero attached hydrogens (tertiary/aromatic N) is 2. The van der Waals surface area contributed by atoms with E-state index in [1.807, 2.05) is 32.0 Å². The lowest BCUT2D eigenvalue weighted by Crippen LogP contribution is -2.40. The van der Waals surface area contributed by atoms with Crippen LogP contribution in [0.2, 0.25) is 0 Å². The predicted octanol–water partition coefficient (Wildman–Crippen LogP) is 2.79. The molecule has 1 aromatic carbocycles. The van der Waals surface area contributed by atoms with E-state index < -0.39 is 6.09 Å². The molecule has 0 radical (unpaired) electrons. The van der Waals surface area contributed by atoms with Crippen molar-refractivity contribution < 1.29 is 14.6 Å². The average molecular weight is 411 g/mol. The first-order valence-electron chi connectivity index (χ1n) is 10.9. The molecule has 2 heterocycles. The van der Waals surface area contributed by atoms with E-state index >= 15 is 0 Å². The van der Waals surface area contributed by atoms with Gasteiger partial charge in [-0.3, -0.25) is 0 Å². The molecule has 4 rings (SSSR count). The molecule has 2 unspecified atom stereocenters. The Morgan fingerprint density at radius 3 is 2.87 bits per heavy atom. The van der Waals surface area contributed by atoms with Crippen LogP contribution in [0.15, 0.2) is 18.2 Å². The molecule has 1 aliphatic heterocycles. The monoisotopic (exact) mass is 410 g/mol. The number of hydrogen-bond donors (Lipinski definition) is 3. The topological polar surface area (TPSA) is 99.3 Å². The molecule has 1 amide bonds. The highest BCUT2D eigenvalue weighted by molar-refractivity contribution is 5.88. The van der Waals surface area contributed by atoms with Crippen molar-refractivity contribution in [2.24, 2.45) is 0 Å². The highest BCUT2D eigenvalue weighted by atomic mass is 16.6. The molecule has 0 bridgehead atoms. The molecule has 1 aromatic heterocycles. The summed E-state index contributed by atoms with van der Waals surface area (Å²) < 4.78 is 7.60. The quantitative estimate of drug-likeness (QED) is 0.704. The minimum Gasteiger partial charge on any atom is -0.447 e. The molecule has 7 nitrogen and oxygen atoms in total. The molecule has 2 aromatic rings. The zero-order valence-electron chi connectivity index (χ0n) is 17.8. The lowest BCUT2D eigenvalue weighted by Gasteiger charge is -2.29. The summed E-state index contributed by atoms with van der Waals surface area (Å²) in [7, 11) is 0. The number of aliphatic hydroxyl groups is 1. The van der Waals surface area contributed by atoms with Gasteiger partial charge in [0.1, 0.15) is 0 Å². The lowest BCUT2D eigenvalue weighted by atomic mass is 10.0. The van der Waals surface area contributed by atoms with Gasteiger partial charge in [-0.1, -0.05) is 6.92 Å². The second-order valence-electron chi connectivity index (χ2n) is 8.65. The van der Waals surface area contributed by atoms with E-state index in [0.717, 1.165) is 30.3 Å². The summed E-state index contributed by atoms with van der Waals surface area (Å²) in [5.74, 6) is 0. The van der Waals surface area contributed by atoms with Gasteiger partial charge in [0.25, 0.3) is 0 Å². The molecule has 30 heavy (non-hydrogen) atoms. The third-order valence-corrected chi connectivity index (χ3v) is 6.30. The average Bonchev–Trinajstić information content (AvgIpc) is 3.37. The first-order valence-corrected chi connectivity index (χ1v) is 10.9. The zero-order chi connectivity index (χ0) is 21.4. The molecule has 4 atom stereocenters. The maximum Gasteiger partial charge on any atom is 0.407 e. The van der Waals surface area contributed by atoms with Crippen molar-refractivity contribution in [1.29, 1.82) is 5.26 Å². The number of hydrogen-bond acceptors (Lipinski definition) is 5. The number of aromatic nitrogens is 1. The normalized spacial score (nSPS) is 24.1. The van der Waals surface area contributed by atoms with Crippen LogP contribution in [0.4, 0.5) is 4.79 Å². The number of aliphatic hydroxyl groups excluding tert-OH is 1. The number of carbonyl (C=O) groups is 1. The van der Waals surface area contributed by atoms with Gasteiger partial charge in [0.2, 0.25) is 0 Å². The number of alkyl carbamates (subject to hydrolysis) is 1. The van der Waals surface area contributed by atoms with Crippen molar-refractivity contribution in [3.63, 3.8) is 0 Å². The highest BCUT2D eigenvalue weighted by Crippen LogP contribution is 2.39. The maximum atomic E-state index is 12.1. The summed E-state index contributed by atoms with van der Waals surface area (Å²) in [5.41, 5.74) is 4.09. The van der Waals surface area contributed by atoms with Gasteiger partial charge in [-0.05, 0) is 63.4 Å². The molecule has 7 heteroatoms. The third-order valence-electron chi connectivity index (χ3n) is 6.30. The van der Waals surface area contributed by atoms with Gasteiger partial charge < -0.3 is 25.0 Å². The molecular formula is C23H30N4O3. The number of carbonyl (C=O) groups excluding carboxylic acids is 1. The van der Waals surface area contributed by atoms with Crippen LogP contribution in [0, 0.1) is 11.3 Å². The summed E-state index contributed by atoms with van der Waals surface area (Å²) >= 11 is 0. The number of fused-ring (bicyclic) bond motifs is 3. The summed E-state index contributed by atoms with van der Waals surface area (Å²) in [6.45, 7) is 6.62. The number of benzene rings is 1. The molecule has 1 aliphatic carbocycles. The Bertz CT molecular complexity index is 990. The van der Waals surface area contributed by atoms with Crippen LogP contribution in [-0.4, -0.2) is 46.6 Å². The molecular weight excluding hydrogens is 380 g/mol. The molecule has 0 spiro atoms. The van der Waals surface area contributed by atoms with Crippen molar-refractivity contribution in [2.45, 2.75) is 76.8 Å². The fraction of sp³-hybridized carbons (Fsp3) is 0.565. The van der Waals surface area contributed by atoms with Crippen LogP contribution in [-0.2, 0) is 17.6 Å². The summed E-state index contributed by atoms with van der Waals surface area (Å²) in [5, 5.41) is 27.5. The van der Waals surface area contributed by atoms with Gasteiger partial charge in [0, 0.05) is 29.1 Å². The molecule has 1 fully saturated rings. The SMILES string of the molecule is CCC([C@H]1NCC[C@@H]1O)n1c2c(c3cc(C#N)ccc31)CC(NC(=O)OC(C)C)C2. The van der Waals surface area contributed by atoms with Crippen molar-refractivity contribution in [3.8, 4) is 6.07 Å². The van der Waals surface area contributed by atoms with Crippen molar-refractivity contribution >= 4 is 17.0 Å². The Morgan fingerprint density at radius 1 is 1.43 bits per heavy atom. The van der Waals surface area contributed by atoms with Gasteiger partial charge in [-0.15, -0.1) is 0 Å². The fourth-order valence-corrected chi connectivity index (χ4v) is 5.10. The molecule has 3 N–H and O–H groups in total. The van der Waals surface area contributed by atoms with Crippen molar-refractivity contribution in [2.75, 3.05) is 6.54 Å². The number of ether oxygens (including phenoxy) is 1. The van der Waals surface area contributed by atoms with Crippen LogP contribution in [0.5, 0.6) is 0 Å². The van der Waals surface area contributed by atoms with Crippen LogP contribution in [0.1, 0.15) is 56.5 Å². The van der Waals surface area contributed by atoms with E-state index in [1.165, 1.54) is 11.3 Å². The van der Waals surface area contributed by atoms with Crippen molar-refractivity contribution in [1.82, 2.24) is 15.2 Å². The summed E-state index contributed by atoms with van der Waals surface area (Å²) in [6.07, 6.45) is 2.11. The Balaban J connectivity index is 1.74. The predicted molar refractivity (Wildman–Crippen MR) is 114 cm³/mol. The zero-order valence-corrected chi connectivity index (χ0v) is 17.8. The van der Waals surface area contributed by atoms with E-state index in [0.29, 0.717) is 18.4 Å². The van der Waals surface area contributed by atoms with Crippen LogP contribution < -0.4 is 10.6 Å². The Kier molecular flexibility index (Phi) is 5.72.